The van der Waals surface area contributed by atoms with Gasteiger partial charge in [0.2, 0.25) is 5.91 Å². The van der Waals surface area contributed by atoms with Gasteiger partial charge in [0.25, 0.3) is 0 Å². The third kappa shape index (κ3) is 6.82. The van der Waals surface area contributed by atoms with Gasteiger partial charge in [0, 0.05) is 12.2 Å². The molecule has 0 aromatic heterocycles. The Bertz CT molecular complexity index is 496. The van der Waals surface area contributed by atoms with E-state index in [9.17, 15) is 9.59 Å². The molecule has 3 amide bonds. The van der Waals surface area contributed by atoms with Crippen LogP contribution in [0.4, 0.5) is 10.5 Å². The smallest absolute Gasteiger partial charge is 0.312 e. The lowest BCUT2D eigenvalue weighted by Crippen LogP contribution is -2.46. The van der Waals surface area contributed by atoms with E-state index in [1.807, 2.05) is 37.4 Å². The van der Waals surface area contributed by atoms with Gasteiger partial charge >= 0.3 is 6.03 Å². The number of amides is 3. The maximum Gasteiger partial charge on any atom is 0.312 e. The van der Waals surface area contributed by atoms with Crippen LogP contribution in [0.25, 0.3) is 0 Å². The molecule has 0 saturated carbocycles. The zero-order valence-electron chi connectivity index (χ0n) is 13.0. The number of carbonyl (C=O) groups excluding carboxylic acids is 2. The molecule has 0 heterocycles. The molecular formula is C15H24N4O2S. The average Bonchev–Trinajstić information content (AvgIpc) is 2.49. The Labute approximate surface area is 135 Å². The Kier molecular flexibility index (Phi) is 8.39. The van der Waals surface area contributed by atoms with Crippen molar-refractivity contribution in [3.05, 3.63) is 29.8 Å². The Hall–Kier alpha value is -1.73. The van der Waals surface area contributed by atoms with Crippen LogP contribution in [0.1, 0.15) is 18.9 Å². The van der Waals surface area contributed by atoms with Gasteiger partial charge in [-0.25, -0.2) is 4.79 Å². The second-order valence-electron chi connectivity index (χ2n) is 4.81. The van der Waals surface area contributed by atoms with Crippen molar-refractivity contribution in [2.24, 2.45) is 5.73 Å². The van der Waals surface area contributed by atoms with Gasteiger partial charge in [-0.3, -0.25) is 4.79 Å². The second-order valence-corrected chi connectivity index (χ2v) is 5.80. The summed E-state index contributed by atoms with van der Waals surface area (Å²) in [7, 11) is 0. The minimum absolute atomic E-state index is 0.256. The van der Waals surface area contributed by atoms with Crippen LogP contribution in [-0.4, -0.2) is 36.5 Å². The summed E-state index contributed by atoms with van der Waals surface area (Å²) in [6, 6.07) is 6.30. The molecular weight excluding hydrogens is 300 g/mol. The summed E-state index contributed by atoms with van der Waals surface area (Å²) in [5.41, 5.74) is 6.93. The van der Waals surface area contributed by atoms with Crippen LogP contribution < -0.4 is 21.7 Å². The summed E-state index contributed by atoms with van der Waals surface area (Å²) in [6.45, 7) is 3.67. The molecule has 0 saturated heterocycles. The SMILES string of the molecule is CCNCc1cccc(NC(=O)C(CCSC)NC(N)=O)c1. The van der Waals surface area contributed by atoms with Crippen LogP contribution in [0.3, 0.4) is 0 Å². The molecule has 0 fully saturated rings. The molecule has 1 rings (SSSR count). The fraction of sp³-hybridized carbons (Fsp3) is 0.467. The van der Waals surface area contributed by atoms with Crippen LogP contribution in [0.15, 0.2) is 24.3 Å². The molecule has 22 heavy (non-hydrogen) atoms. The first-order valence-electron chi connectivity index (χ1n) is 7.22. The number of anilines is 1. The largest absolute Gasteiger partial charge is 0.352 e. The lowest BCUT2D eigenvalue weighted by molar-refractivity contribution is -0.117. The minimum Gasteiger partial charge on any atom is -0.352 e. The van der Waals surface area contributed by atoms with E-state index in [-0.39, 0.29) is 5.91 Å². The van der Waals surface area contributed by atoms with Crippen molar-refractivity contribution in [1.82, 2.24) is 10.6 Å². The summed E-state index contributed by atoms with van der Waals surface area (Å²) < 4.78 is 0. The van der Waals surface area contributed by atoms with Gasteiger partial charge in [-0.1, -0.05) is 19.1 Å². The van der Waals surface area contributed by atoms with Gasteiger partial charge in [0.05, 0.1) is 0 Å². The summed E-state index contributed by atoms with van der Waals surface area (Å²) in [5, 5.41) is 8.54. The predicted molar refractivity (Wildman–Crippen MR) is 92.0 cm³/mol. The number of thioether (sulfide) groups is 1. The van der Waals surface area contributed by atoms with E-state index < -0.39 is 12.1 Å². The monoisotopic (exact) mass is 324 g/mol. The number of nitrogens with two attached hydrogens (primary N) is 1. The first-order valence-corrected chi connectivity index (χ1v) is 8.61. The molecule has 1 aromatic rings. The Morgan fingerprint density at radius 1 is 1.36 bits per heavy atom. The lowest BCUT2D eigenvalue weighted by Gasteiger charge is -2.17. The van der Waals surface area contributed by atoms with E-state index in [1.54, 1.807) is 11.8 Å². The standard InChI is InChI=1S/C15H24N4O2S/c1-3-17-10-11-5-4-6-12(9-11)18-14(20)13(7-8-22-2)19-15(16)21/h4-6,9,13,17H,3,7-8,10H2,1-2H3,(H,18,20)(H3,16,19,21). The second kappa shape index (κ2) is 10.1. The molecule has 5 N–H and O–H groups in total. The van der Waals surface area contributed by atoms with Crippen LogP contribution in [-0.2, 0) is 11.3 Å². The van der Waals surface area contributed by atoms with Gasteiger partial charge < -0.3 is 21.7 Å². The van der Waals surface area contributed by atoms with Gasteiger partial charge in [0.1, 0.15) is 6.04 Å². The molecule has 0 radical (unpaired) electrons. The molecule has 0 bridgehead atoms. The van der Waals surface area contributed by atoms with Crippen molar-refractivity contribution in [2.75, 3.05) is 23.9 Å². The highest BCUT2D eigenvalue weighted by Gasteiger charge is 2.19. The first kappa shape index (κ1) is 18.3. The molecule has 0 aliphatic rings. The highest BCUT2D eigenvalue weighted by Crippen LogP contribution is 2.12. The molecule has 1 aromatic carbocycles. The lowest BCUT2D eigenvalue weighted by atomic mass is 10.1. The summed E-state index contributed by atoms with van der Waals surface area (Å²) in [4.78, 5) is 23.3. The number of urea groups is 1. The Balaban J connectivity index is 2.68. The third-order valence-electron chi connectivity index (χ3n) is 3.02. The minimum atomic E-state index is -0.692. The number of nitrogens with one attached hydrogen (secondary N) is 3. The molecule has 1 unspecified atom stereocenters. The molecule has 122 valence electrons. The van der Waals surface area contributed by atoms with E-state index in [1.165, 1.54) is 0 Å². The Morgan fingerprint density at radius 3 is 2.77 bits per heavy atom. The third-order valence-corrected chi connectivity index (χ3v) is 3.66. The van der Waals surface area contributed by atoms with E-state index in [2.05, 4.69) is 16.0 Å². The molecule has 7 heteroatoms. The molecule has 1 atom stereocenters. The highest BCUT2D eigenvalue weighted by molar-refractivity contribution is 7.98. The van der Waals surface area contributed by atoms with Gasteiger partial charge in [-0.15, -0.1) is 0 Å². The van der Waals surface area contributed by atoms with Gasteiger partial charge in [-0.2, -0.15) is 11.8 Å². The zero-order chi connectivity index (χ0) is 16.4. The van der Waals surface area contributed by atoms with Crippen molar-refractivity contribution >= 4 is 29.4 Å². The van der Waals surface area contributed by atoms with Crippen molar-refractivity contribution in [3.8, 4) is 0 Å². The highest BCUT2D eigenvalue weighted by atomic mass is 32.2. The van der Waals surface area contributed by atoms with Crippen molar-refractivity contribution < 1.29 is 9.59 Å². The van der Waals surface area contributed by atoms with E-state index >= 15 is 0 Å². The van der Waals surface area contributed by atoms with Crippen LogP contribution in [0, 0.1) is 0 Å². The summed E-state index contributed by atoms with van der Waals surface area (Å²) in [5.74, 6) is 0.507. The van der Waals surface area contributed by atoms with E-state index in [4.69, 9.17) is 5.73 Å². The number of carbonyl (C=O) groups is 2. The van der Waals surface area contributed by atoms with E-state index in [0.717, 1.165) is 24.4 Å². The van der Waals surface area contributed by atoms with Crippen molar-refractivity contribution in [1.29, 1.82) is 0 Å². The predicted octanol–water partition coefficient (Wildman–Crippen LogP) is 1.52. The van der Waals surface area contributed by atoms with Crippen LogP contribution in [0.2, 0.25) is 0 Å². The topological polar surface area (TPSA) is 96.2 Å². The van der Waals surface area contributed by atoms with Crippen molar-refractivity contribution in [3.63, 3.8) is 0 Å². The zero-order valence-corrected chi connectivity index (χ0v) is 13.8. The number of benzene rings is 1. The van der Waals surface area contributed by atoms with E-state index in [0.29, 0.717) is 12.1 Å². The number of primary amides is 1. The number of rotatable bonds is 9. The average molecular weight is 324 g/mol. The van der Waals surface area contributed by atoms with Crippen LogP contribution in [0.5, 0.6) is 0 Å². The maximum atomic E-state index is 12.3. The fourth-order valence-corrected chi connectivity index (χ4v) is 2.41. The quantitative estimate of drug-likeness (QED) is 0.554. The van der Waals surface area contributed by atoms with Gasteiger partial charge in [0.15, 0.2) is 0 Å². The normalized spacial score (nSPS) is 11.7. The van der Waals surface area contributed by atoms with Crippen LogP contribution >= 0.6 is 11.8 Å². The molecule has 0 aliphatic heterocycles. The maximum absolute atomic E-state index is 12.3. The Morgan fingerprint density at radius 2 is 2.14 bits per heavy atom. The fourth-order valence-electron chi connectivity index (χ4n) is 1.93. The first-order chi connectivity index (χ1) is 10.6. The van der Waals surface area contributed by atoms with Gasteiger partial charge in [-0.05, 0) is 42.7 Å². The number of hydrogen-bond donors (Lipinski definition) is 4. The molecule has 6 nitrogen and oxygen atoms in total. The summed E-state index contributed by atoms with van der Waals surface area (Å²) in [6.07, 6.45) is 2.48. The number of hydrogen-bond acceptors (Lipinski definition) is 4. The summed E-state index contributed by atoms with van der Waals surface area (Å²) >= 11 is 1.61. The molecule has 0 spiro atoms. The van der Waals surface area contributed by atoms with Crippen molar-refractivity contribution in [2.45, 2.75) is 25.9 Å². The molecule has 0 aliphatic carbocycles.